The summed E-state index contributed by atoms with van der Waals surface area (Å²) in [6.45, 7) is 6.35. The van der Waals surface area contributed by atoms with Crippen LogP contribution in [0.1, 0.15) is 25.0 Å². The van der Waals surface area contributed by atoms with Crippen LogP contribution in [0.25, 0.3) is 0 Å². The molecule has 0 fully saturated rings. The van der Waals surface area contributed by atoms with Crippen molar-refractivity contribution in [2.45, 2.75) is 26.7 Å². The Kier molecular flexibility index (Phi) is 2.94. The zero-order valence-corrected chi connectivity index (χ0v) is 10.6. The van der Waals surface area contributed by atoms with Gasteiger partial charge in [0, 0.05) is 19.3 Å². The minimum absolute atomic E-state index is 0.207. The highest BCUT2D eigenvalue weighted by molar-refractivity contribution is 5.58. The Bertz CT molecular complexity index is 382. The van der Waals surface area contributed by atoms with Crippen LogP contribution in [0.2, 0.25) is 0 Å². The van der Waals surface area contributed by atoms with Gasteiger partial charge in [-0.15, -0.1) is 0 Å². The molecular formula is C14H22N2. The maximum absolute atomic E-state index is 5.78. The summed E-state index contributed by atoms with van der Waals surface area (Å²) in [6.07, 6.45) is 2.25. The quantitative estimate of drug-likeness (QED) is 0.843. The van der Waals surface area contributed by atoms with Crippen LogP contribution in [0.15, 0.2) is 18.2 Å². The molecule has 1 aromatic rings. The monoisotopic (exact) mass is 218 g/mol. The van der Waals surface area contributed by atoms with Gasteiger partial charge in [0.05, 0.1) is 0 Å². The molecule has 1 aromatic carbocycles. The molecular weight excluding hydrogens is 196 g/mol. The third kappa shape index (κ3) is 2.22. The molecule has 0 unspecified atom stereocenters. The van der Waals surface area contributed by atoms with Crippen LogP contribution in [0.3, 0.4) is 0 Å². The van der Waals surface area contributed by atoms with Crippen LogP contribution in [0, 0.1) is 5.41 Å². The summed E-state index contributed by atoms with van der Waals surface area (Å²) in [6, 6.07) is 6.86. The smallest absolute Gasteiger partial charge is 0.0397 e. The molecule has 88 valence electrons. The molecule has 0 spiro atoms. The van der Waals surface area contributed by atoms with E-state index >= 15 is 0 Å². The Morgan fingerprint density at radius 1 is 1.38 bits per heavy atom. The zero-order chi connectivity index (χ0) is 11.8. The van der Waals surface area contributed by atoms with Gasteiger partial charge in [0.25, 0.3) is 0 Å². The molecule has 2 N–H and O–H groups in total. The Morgan fingerprint density at radius 2 is 2.12 bits per heavy atom. The van der Waals surface area contributed by atoms with Gasteiger partial charge >= 0.3 is 0 Å². The molecule has 2 rings (SSSR count). The highest BCUT2D eigenvalue weighted by Gasteiger charge is 2.19. The predicted octanol–water partition coefficient (Wildman–Crippen LogP) is 2.21. The number of hydrogen-bond acceptors (Lipinski definition) is 2. The van der Waals surface area contributed by atoms with Crippen LogP contribution in [-0.4, -0.2) is 20.1 Å². The van der Waals surface area contributed by atoms with E-state index in [2.05, 4.69) is 44.0 Å². The van der Waals surface area contributed by atoms with Crippen molar-refractivity contribution < 1.29 is 0 Å². The molecule has 1 aliphatic heterocycles. The maximum Gasteiger partial charge on any atom is 0.0397 e. The van der Waals surface area contributed by atoms with Gasteiger partial charge in [0.1, 0.15) is 0 Å². The molecule has 2 nitrogen and oxygen atoms in total. The van der Waals surface area contributed by atoms with Crippen LogP contribution >= 0.6 is 0 Å². The molecule has 1 heterocycles. The summed E-state index contributed by atoms with van der Waals surface area (Å²) in [5.74, 6) is 0. The number of nitrogens with two attached hydrogens (primary N) is 1. The molecule has 0 saturated heterocycles. The number of hydrogen-bond donors (Lipinski definition) is 1. The van der Waals surface area contributed by atoms with Crippen LogP contribution in [0.4, 0.5) is 5.69 Å². The van der Waals surface area contributed by atoms with E-state index in [0.717, 1.165) is 19.5 Å². The van der Waals surface area contributed by atoms with E-state index in [1.54, 1.807) is 0 Å². The third-order valence-corrected chi connectivity index (χ3v) is 3.51. The molecule has 0 atom stereocenters. The first-order chi connectivity index (χ1) is 7.52. The molecule has 0 aliphatic carbocycles. The first kappa shape index (κ1) is 11.5. The fourth-order valence-corrected chi connectivity index (χ4v) is 2.35. The average molecular weight is 218 g/mol. The van der Waals surface area contributed by atoms with Crippen LogP contribution < -0.4 is 10.6 Å². The number of benzene rings is 1. The van der Waals surface area contributed by atoms with Gasteiger partial charge in [-0.1, -0.05) is 26.0 Å². The topological polar surface area (TPSA) is 29.3 Å². The third-order valence-electron chi connectivity index (χ3n) is 3.51. The number of nitrogens with zero attached hydrogens (tertiary/aromatic N) is 1. The van der Waals surface area contributed by atoms with Crippen molar-refractivity contribution in [2.75, 3.05) is 25.0 Å². The second-order valence-electron chi connectivity index (χ2n) is 5.68. The Balaban J connectivity index is 2.20. The normalized spacial score (nSPS) is 15.4. The highest BCUT2D eigenvalue weighted by atomic mass is 15.1. The van der Waals surface area contributed by atoms with E-state index < -0.39 is 0 Å². The SMILES string of the molecule is CN1CCc2cc(CC(C)(C)CN)ccc21. The van der Waals surface area contributed by atoms with Gasteiger partial charge in [0.2, 0.25) is 0 Å². The summed E-state index contributed by atoms with van der Waals surface area (Å²) >= 11 is 0. The van der Waals surface area contributed by atoms with Crippen molar-refractivity contribution in [3.63, 3.8) is 0 Å². The lowest BCUT2D eigenvalue weighted by atomic mass is 9.85. The highest BCUT2D eigenvalue weighted by Crippen LogP contribution is 2.29. The first-order valence-electron chi connectivity index (χ1n) is 6.05. The van der Waals surface area contributed by atoms with E-state index in [0.29, 0.717) is 0 Å². The van der Waals surface area contributed by atoms with Gasteiger partial charge < -0.3 is 10.6 Å². The minimum atomic E-state index is 0.207. The lowest BCUT2D eigenvalue weighted by Gasteiger charge is -2.22. The summed E-state index contributed by atoms with van der Waals surface area (Å²) in [4.78, 5) is 2.33. The lowest BCUT2D eigenvalue weighted by Crippen LogP contribution is -2.25. The van der Waals surface area contributed by atoms with E-state index in [9.17, 15) is 0 Å². The van der Waals surface area contributed by atoms with Crippen molar-refractivity contribution in [2.24, 2.45) is 11.1 Å². The van der Waals surface area contributed by atoms with Crippen molar-refractivity contribution in [1.29, 1.82) is 0 Å². The minimum Gasteiger partial charge on any atom is -0.374 e. The van der Waals surface area contributed by atoms with E-state index in [1.807, 2.05) is 0 Å². The van der Waals surface area contributed by atoms with Crippen molar-refractivity contribution in [1.82, 2.24) is 0 Å². The average Bonchev–Trinajstić information content (AvgIpc) is 2.60. The fraction of sp³-hybridized carbons (Fsp3) is 0.571. The summed E-state index contributed by atoms with van der Waals surface area (Å²) in [5.41, 5.74) is 10.3. The molecule has 0 amide bonds. The second-order valence-corrected chi connectivity index (χ2v) is 5.68. The molecule has 0 saturated carbocycles. The number of anilines is 1. The number of fused-ring (bicyclic) bond motifs is 1. The Labute approximate surface area is 98.4 Å². The summed E-state index contributed by atoms with van der Waals surface area (Å²) < 4.78 is 0. The van der Waals surface area contributed by atoms with Crippen molar-refractivity contribution in [3.05, 3.63) is 29.3 Å². The summed E-state index contributed by atoms with van der Waals surface area (Å²) in [7, 11) is 2.16. The van der Waals surface area contributed by atoms with Gasteiger partial charge in [-0.3, -0.25) is 0 Å². The van der Waals surface area contributed by atoms with Crippen LogP contribution in [-0.2, 0) is 12.8 Å². The molecule has 0 aromatic heterocycles. The number of likely N-dealkylation sites (N-methyl/N-ethyl adjacent to an activating group) is 1. The molecule has 2 heteroatoms. The van der Waals surface area contributed by atoms with E-state index in [4.69, 9.17) is 5.73 Å². The summed E-state index contributed by atoms with van der Waals surface area (Å²) in [5, 5.41) is 0. The Hall–Kier alpha value is -1.02. The zero-order valence-electron chi connectivity index (χ0n) is 10.6. The van der Waals surface area contributed by atoms with Crippen molar-refractivity contribution in [3.8, 4) is 0 Å². The molecule has 16 heavy (non-hydrogen) atoms. The standard InChI is InChI=1S/C14H22N2/c1-14(2,10-15)9-11-4-5-13-12(8-11)6-7-16(13)3/h4-5,8H,6-7,9-10,15H2,1-3H3. The fourth-order valence-electron chi connectivity index (χ4n) is 2.35. The molecule has 0 bridgehead atoms. The second kappa shape index (κ2) is 4.10. The Morgan fingerprint density at radius 3 is 2.81 bits per heavy atom. The van der Waals surface area contributed by atoms with Crippen LogP contribution in [0.5, 0.6) is 0 Å². The van der Waals surface area contributed by atoms with Crippen molar-refractivity contribution >= 4 is 5.69 Å². The van der Waals surface area contributed by atoms with Gasteiger partial charge in [-0.2, -0.15) is 0 Å². The van der Waals surface area contributed by atoms with E-state index in [1.165, 1.54) is 23.2 Å². The number of rotatable bonds is 3. The van der Waals surface area contributed by atoms with Gasteiger partial charge in [-0.25, -0.2) is 0 Å². The lowest BCUT2D eigenvalue weighted by molar-refractivity contribution is 0.377. The largest absolute Gasteiger partial charge is 0.374 e. The first-order valence-corrected chi connectivity index (χ1v) is 6.05. The molecule has 0 radical (unpaired) electrons. The van der Waals surface area contributed by atoms with Gasteiger partial charge in [0.15, 0.2) is 0 Å². The maximum atomic E-state index is 5.78. The predicted molar refractivity (Wildman–Crippen MR) is 70.0 cm³/mol. The van der Waals surface area contributed by atoms with E-state index in [-0.39, 0.29) is 5.41 Å². The molecule has 1 aliphatic rings. The van der Waals surface area contributed by atoms with Gasteiger partial charge in [-0.05, 0) is 42.0 Å².